The summed E-state index contributed by atoms with van der Waals surface area (Å²) in [6, 6.07) is 14.6. The first-order chi connectivity index (χ1) is 12.7. The number of nitrogens with one attached hydrogen (secondary N) is 2. The van der Waals surface area contributed by atoms with Crippen molar-refractivity contribution >= 4 is 23.0 Å². The van der Waals surface area contributed by atoms with E-state index in [0.29, 0.717) is 0 Å². The maximum atomic E-state index is 13.1. The Morgan fingerprint density at radius 2 is 1.92 bits per heavy atom. The van der Waals surface area contributed by atoms with Gasteiger partial charge < -0.3 is 19.9 Å². The zero-order chi connectivity index (χ0) is 18.4. The summed E-state index contributed by atoms with van der Waals surface area (Å²) in [5, 5.41) is 4.04. The molecule has 1 unspecified atom stereocenters. The first kappa shape index (κ1) is 18.6. The van der Waals surface area contributed by atoms with Gasteiger partial charge in [-0.15, -0.1) is 0 Å². The fourth-order valence-electron chi connectivity index (χ4n) is 3.26. The quantitative estimate of drug-likeness (QED) is 0.804. The number of hydrogen-bond acceptors (Lipinski definition) is 2. The van der Waals surface area contributed by atoms with E-state index in [0.717, 1.165) is 55.7 Å². The molecule has 6 heteroatoms. The molecule has 1 aliphatic heterocycles. The molecule has 0 spiro atoms. The molecule has 1 fully saturated rings. The van der Waals surface area contributed by atoms with Crippen molar-refractivity contribution in [1.82, 2.24) is 4.90 Å². The topological polar surface area (TPSA) is 28.9 Å². The third-order valence-corrected chi connectivity index (χ3v) is 5.06. The van der Waals surface area contributed by atoms with E-state index in [-0.39, 0.29) is 5.82 Å². The van der Waals surface area contributed by atoms with E-state index in [2.05, 4.69) is 10.2 Å². The van der Waals surface area contributed by atoms with E-state index in [1.165, 1.54) is 22.6 Å². The van der Waals surface area contributed by atoms with Gasteiger partial charge in [0, 0.05) is 18.5 Å². The predicted octanol–water partition coefficient (Wildman–Crippen LogP) is 2.32. The molecule has 138 valence electrons. The Labute approximate surface area is 159 Å². The molecule has 0 amide bonds. The molecule has 26 heavy (non-hydrogen) atoms. The number of anilines is 1. The summed E-state index contributed by atoms with van der Waals surface area (Å²) in [7, 11) is 1.66. The normalized spacial score (nSPS) is 17.5. The van der Waals surface area contributed by atoms with Crippen molar-refractivity contribution in [2.45, 2.75) is 13.0 Å². The van der Waals surface area contributed by atoms with Crippen molar-refractivity contribution < 1.29 is 14.0 Å². The van der Waals surface area contributed by atoms with Gasteiger partial charge in [-0.1, -0.05) is 24.3 Å². The highest BCUT2D eigenvalue weighted by Crippen LogP contribution is 2.23. The lowest BCUT2D eigenvalue weighted by Crippen LogP contribution is -3.11. The number of benzene rings is 2. The number of nitrogens with zero attached hydrogens (tertiary/aromatic N) is 1. The van der Waals surface area contributed by atoms with E-state index in [1.807, 2.05) is 36.4 Å². The molecule has 4 nitrogen and oxygen atoms in total. The molecular weight excluding hydrogens is 349 g/mol. The van der Waals surface area contributed by atoms with E-state index >= 15 is 0 Å². The third-order valence-electron chi connectivity index (χ3n) is 4.70. The Morgan fingerprint density at radius 1 is 1.15 bits per heavy atom. The standard InChI is InChI=1S/C20H24FN3OS/c1-25-19-6-3-2-5-18(19)22-20(26)24-12-4-11-23(13-14-24)15-16-7-9-17(21)10-8-16/h2-3,5-10H,4,11-15H2,1H3,(H,22,26)/p+1. The van der Waals surface area contributed by atoms with Gasteiger partial charge in [-0.25, -0.2) is 4.39 Å². The highest BCUT2D eigenvalue weighted by atomic mass is 32.1. The van der Waals surface area contributed by atoms with E-state index in [4.69, 9.17) is 17.0 Å². The molecule has 0 saturated carbocycles. The van der Waals surface area contributed by atoms with Gasteiger partial charge in [-0.2, -0.15) is 0 Å². The number of hydrogen-bond donors (Lipinski definition) is 2. The van der Waals surface area contributed by atoms with Gasteiger partial charge in [0.25, 0.3) is 0 Å². The maximum absolute atomic E-state index is 13.1. The van der Waals surface area contributed by atoms with Crippen molar-refractivity contribution in [1.29, 1.82) is 0 Å². The van der Waals surface area contributed by atoms with E-state index in [1.54, 1.807) is 7.11 Å². The van der Waals surface area contributed by atoms with Crippen LogP contribution in [0.25, 0.3) is 0 Å². The number of methoxy groups -OCH3 is 1. The summed E-state index contributed by atoms with van der Waals surface area (Å²) >= 11 is 5.61. The first-order valence-corrected chi connectivity index (χ1v) is 9.33. The summed E-state index contributed by atoms with van der Waals surface area (Å²) < 4.78 is 18.4. The van der Waals surface area contributed by atoms with Crippen LogP contribution in [0.3, 0.4) is 0 Å². The van der Waals surface area contributed by atoms with Gasteiger partial charge in [-0.05, 0) is 36.5 Å². The molecule has 0 aliphatic carbocycles. The zero-order valence-electron chi connectivity index (χ0n) is 15.0. The van der Waals surface area contributed by atoms with Gasteiger partial charge in [0.15, 0.2) is 5.11 Å². The van der Waals surface area contributed by atoms with Crippen LogP contribution >= 0.6 is 12.2 Å². The highest BCUT2D eigenvalue weighted by Gasteiger charge is 2.20. The van der Waals surface area contributed by atoms with Gasteiger partial charge in [0.05, 0.1) is 32.4 Å². The summed E-state index contributed by atoms with van der Waals surface area (Å²) in [6.45, 7) is 4.85. The Bertz CT molecular complexity index is 738. The monoisotopic (exact) mass is 374 g/mol. The van der Waals surface area contributed by atoms with Crippen LogP contribution in [-0.4, -0.2) is 43.3 Å². The Balaban J connectivity index is 1.56. The van der Waals surface area contributed by atoms with E-state index in [9.17, 15) is 4.39 Å². The fourth-order valence-corrected chi connectivity index (χ4v) is 3.56. The summed E-state index contributed by atoms with van der Waals surface area (Å²) in [6.07, 6.45) is 1.07. The molecule has 1 heterocycles. The lowest BCUT2D eigenvalue weighted by molar-refractivity contribution is -0.911. The predicted molar refractivity (Wildman–Crippen MR) is 106 cm³/mol. The van der Waals surface area contributed by atoms with Crippen LogP contribution in [0.4, 0.5) is 10.1 Å². The number of thiocarbonyl (C=S) groups is 1. The van der Waals surface area contributed by atoms with Gasteiger partial charge >= 0.3 is 0 Å². The molecule has 2 aromatic rings. The lowest BCUT2D eigenvalue weighted by atomic mass is 10.2. The molecule has 0 aromatic heterocycles. The van der Waals surface area contributed by atoms with Crippen LogP contribution in [0.1, 0.15) is 12.0 Å². The van der Waals surface area contributed by atoms with Crippen molar-refractivity contribution in [3.05, 3.63) is 59.9 Å². The third kappa shape index (κ3) is 4.93. The van der Waals surface area contributed by atoms with Crippen LogP contribution in [-0.2, 0) is 6.54 Å². The van der Waals surface area contributed by atoms with Gasteiger partial charge in [-0.3, -0.25) is 0 Å². The summed E-state index contributed by atoms with van der Waals surface area (Å²) in [5.41, 5.74) is 2.06. The Morgan fingerprint density at radius 3 is 2.69 bits per heavy atom. The number of para-hydroxylation sites is 2. The van der Waals surface area contributed by atoms with Crippen LogP contribution in [0.2, 0.25) is 0 Å². The number of ether oxygens (including phenoxy) is 1. The van der Waals surface area contributed by atoms with E-state index < -0.39 is 0 Å². The smallest absolute Gasteiger partial charge is 0.173 e. The number of rotatable bonds is 4. The second kappa shape index (κ2) is 8.96. The average molecular weight is 375 g/mol. The molecule has 0 radical (unpaired) electrons. The minimum Gasteiger partial charge on any atom is -0.495 e. The minimum atomic E-state index is -0.182. The lowest BCUT2D eigenvalue weighted by Gasteiger charge is -2.24. The largest absolute Gasteiger partial charge is 0.495 e. The average Bonchev–Trinajstić information content (AvgIpc) is 2.90. The maximum Gasteiger partial charge on any atom is 0.173 e. The molecule has 1 atom stereocenters. The molecule has 3 rings (SSSR count). The van der Waals surface area contributed by atoms with Crippen LogP contribution in [0.5, 0.6) is 5.75 Å². The van der Waals surface area contributed by atoms with Gasteiger partial charge in [0.1, 0.15) is 18.1 Å². The molecule has 0 bridgehead atoms. The van der Waals surface area contributed by atoms with Crippen molar-refractivity contribution in [3.8, 4) is 5.75 Å². The van der Waals surface area contributed by atoms with Crippen molar-refractivity contribution in [2.75, 3.05) is 38.6 Å². The SMILES string of the molecule is COc1ccccc1NC(=S)N1CCC[NH+](Cc2ccc(F)cc2)CC1. The minimum absolute atomic E-state index is 0.182. The molecular formula is C20H25FN3OS+. The highest BCUT2D eigenvalue weighted by molar-refractivity contribution is 7.80. The second-order valence-corrected chi connectivity index (χ2v) is 6.91. The molecule has 2 aromatic carbocycles. The summed E-state index contributed by atoms with van der Waals surface area (Å²) in [5.74, 6) is 0.604. The molecule has 1 aliphatic rings. The summed E-state index contributed by atoms with van der Waals surface area (Å²) in [4.78, 5) is 3.72. The van der Waals surface area contributed by atoms with Crippen molar-refractivity contribution in [2.24, 2.45) is 0 Å². The Hall–Kier alpha value is -2.18. The Kier molecular flexibility index (Phi) is 6.41. The second-order valence-electron chi connectivity index (χ2n) is 6.52. The van der Waals surface area contributed by atoms with Crippen LogP contribution in [0, 0.1) is 5.82 Å². The fraction of sp³-hybridized carbons (Fsp3) is 0.350. The number of quaternary nitrogens is 1. The number of halogens is 1. The zero-order valence-corrected chi connectivity index (χ0v) is 15.8. The van der Waals surface area contributed by atoms with Gasteiger partial charge in [0.2, 0.25) is 0 Å². The van der Waals surface area contributed by atoms with Crippen LogP contribution < -0.4 is 15.0 Å². The van der Waals surface area contributed by atoms with Crippen LogP contribution in [0.15, 0.2) is 48.5 Å². The van der Waals surface area contributed by atoms with Crippen molar-refractivity contribution in [3.63, 3.8) is 0 Å². The molecule has 2 N–H and O–H groups in total. The first-order valence-electron chi connectivity index (χ1n) is 8.92. The molecule has 1 saturated heterocycles.